The Morgan fingerprint density at radius 1 is 0.923 bits per heavy atom. The van der Waals surface area contributed by atoms with Gasteiger partial charge < -0.3 is 14.8 Å². The largest absolute Gasteiger partial charge is 0.497 e. The van der Waals surface area contributed by atoms with Gasteiger partial charge in [0, 0.05) is 17.1 Å². The average molecular weight is 349 g/mol. The molecule has 1 N–H and O–H groups in total. The highest BCUT2D eigenvalue weighted by Gasteiger charge is 2.10. The van der Waals surface area contributed by atoms with Gasteiger partial charge in [-0.05, 0) is 62.4 Å². The zero-order valence-electron chi connectivity index (χ0n) is 14.8. The molecule has 6 heteroatoms. The maximum absolute atomic E-state index is 12.2. The molecule has 132 valence electrons. The first-order valence-corrected chi connectivity index (χ1v) is 8.09. The molecular weight excluding hydrogens is 330 g/mol. The summed E-state index contributed by atoms with van der Waals surface area (Å²) in [6.07, 6.45) is 0. The van der Waals surface area contributed by atoms with Crippen LogP contribution >= 0.6 is 0 Å². The number of hydrogen-bond donors (Lipinski definition) is 1. The number of nitrogens with one attached hydrogen (secondary N) is 1. The highest BCUT2D eigenvalue weighted by atomic mass is 16.5. The van der Waals surface area contributed by atoms with E-state index in [1.165, 1.54) is 0 Å². The lowest BCUT2D eigenvalue weighted by molar-refractivity contribution is 0.0734. The highest BCUT2D eigenvalue weighted by Crippen LogP contribution is 2.20. The van der Waals surface area contributed by atoms with Crippen LogP contribution in [0, 0.1) is 13.8 Å². The standard InChI is InChI=1S/C20H19N3O3/c1-13-11-14(2)22-20(21-13)23-16-7-9-17(10-8-16)26-19(24)15-5-4-6-18(12-15)25-3/h4-12H,1-3H3,(H,21,22,23). The number of benzene rings is 2. The fraction of sp³-hybridized carbons (Fsp3) is 0.150. The van der Waals surface area contributed by atoms with Gasteiger partial charge in [0.2, 0.25) is 5.95 Å². The lowest BCUT2D eigenvalue weighted by Gasteiger charge is -2.08. The number of ether oxygens (including phenoxy) is 2. The first-order valence-electron chi connectivity index (χ1n) is 8.09. The maximum atomic E-state index is 12.2. The Morgan fingerprint density at radius 2 is 1.62 bits per heavy atom. The van der Waals surface area contributed by atoms with Crippen molar-refractivity contribution in [1.82, 2.24) is 9.97 Å². The van der Waals surface area contributed by atoms with Crippen molar-refractivity contribution in [1.29, 1.82) is 0 Å². The third-order valence-electron chi connectivity index (χ3n) is 3.61. The molecule has 0 aliphatic heterocycles. The summed E-state index contributed by atoms with van der Waals surface area (Å²) in [6.45, 7) is 3.84. The number of nitrogens with zero attached hydrogens (tertiary/aromatic N) is 2. The first kappa shape index (κ1) is 17.4. The molecule has 3 aromatic rings. The van der Waals surface area contributed by atoms with Crippen LogP contribution in [-0.4, -0.2) is 23.0 Å². The van der Waals surface area contributed by atoms with Crippen LogP contribution in [0.3, 0.4) is 0 Å². The van der Waals surface area contributed by atoms with E-state index in [2.05, 4.69) is 15.3 Å². The Labute approximate surface area is 151 Å². The van der Waals surface area contributed by atoms with Crippen molar-refractivity contribution in [3.05, 3.63) is 71.5 Å². The number of esters is 1. The van der Waals surface area contributed by atoms with Gasteiger partial charge in [-0.25, -0.2) is 14.8 Å². The number of carbonyl (C=O) groups excluding carboxylic acids is 1. The molecule has 0 aliphatic carbocycles. The van der Waals surface area contributed by atoms with Crippen LogP contribution in [0.2, 0.25) is 0 Å². The number of rotatable bonds is 5. The summed E-state index contributed by atoms with van der Waals surface area (Å²) in [5.74, 6) is 1.14. The molecule has 0 bridgehead atoms. The molecule has 0 unspecified atom stereocenters. The minimum absolute atomic E-state index is 0.426. The van der Waals surface area contributed by atoms with E-state index in [1.807, 2.05) is 19.9 Å². The van der Waals surface area contributed by atoms with Gasteiger partial charge in [0.15, 0.2) is 0 Å². The highest BCUT2D eigenvalue weighted by molar-refractivity contribution is 5.91. The predicted molar refractivity (Wildman–Crippen MR) is 99.2 cm³/mol. The van der Waals surface area contributed by atoms with E-state index in [0.717, 1.165) is 17.1 Å². The quantitative estimate of drug-likeness (QED) is 0.553. The molecule has 26 heavy (non-hydrogen) atoms. The number of hydrogen-bond acceptors (Lipinski definition) is 6. The van der Waals surface area contributed by atoms with Gasteiger partial charge in [-0.3, -0.25) is 0 Å². The molecule has 0 saturated heterocycles. The van der Waals surface area contributed by atoms with E-state index in [-0.39, 0.29) is 0 Å². The molecule has 3 rings (SSSR count). The smallest absolute Gasteiger partial charge is 0.343 e. The van der Waals surface area contributed by atoms with Gasteiger partial charge >= 0.3 is 5.97 Å². The minimum Gasteiger partial charge on any atom is -0.497 e. The van der Waals surface area contributed by atoms with Crippen molar-refractivity contribution in [2.45, 2.75) is 13.8 Å². The van der Waals surface area contributed by atoms with E-state index in [0.29, 0.717) is 23.0 Å². The van der Waals surface area contributed by atoms with Crippen LogP contribution in [0.25, 0.3) is 0 Å². The predicted octanol–water partition coefficient (Wildman–Crippen LogP) is 4.06. The van der Waals surface area contributed by atoms with Crippen molar-refractivity contribution >= 4 is 17.6 Å². The molecule has 0 radical (unpaired) electrons. The normalized spacial score (nSPS) is 10.3. The van der Waals surface area contributed by atoms with Gasteiger partial charge in [0.1, 0.15) is 11.5 Å². The second-order valence-corrected chi connectivity index (χ2v) is 5.75. The second kappa shape index (κ2) is 7.65. The third kappa shape index (κ3) is 4.36. The third-order valence-corrected chi connectivity index (χ3v) is 3.61. The lowest BCUT2D eigenvalue weighted by atomic mass is 10.2. The molecule has 0 amide bonds. The van der Waals surface area contributed by atoms with Gasteiger partial charge in [-0.2, -0.15) is 0 Å². The zero-order chi connectivity index (χ0) is 18.5. The summed E-state index contributed by atoms with van der Waals surface area (Å²) in [7, 11) is 1.55. The van der Waals surface area contributed by atoms with E-state index in [9.17, 15) is 4.79 Å². The fourth-order valence-electron chi connectivity index (χ4n) is 2.43. The summed E-state index contributed by atoms with van der Waals surface area (Å²) in [5.41, 5.74) is 3.01. The number of carbonyl (C=O) groups is 1. The van der Waals surface area contributed by atoms with Gasteiger partial charge in [-0.15, -0.1) is 0 Å². The Kier molecular flexibility index (Phi) is 5.12. The summed E-state index contributed by atoms with van der Waals surface area (Å²) < 4.78 is 10.5. The summed E-state index contributed by atoms with van der Waals surface area (Å²) >= 11 is 0. The van der Waals surface area contributed by atoms with E-state index in [4.69, 9.17) is 9.47 Å². The van der Waals surface area contributed by atoms with Crippen LogP contribution < -0.4 is 14.8 Å². The topological polar surface area (TPSA) is 73.3 Å². The zero-order valence-corrected chi connectivity index (χ0v) is 14.8. The van der Waals surface area contributed by atoms with Gasteiger partial charge in [0.05, 0.1) is 12.7 Å². The van der Waals surface area contributed by atoms with Crippen molar-refractivity contribution in [2.75, 3.05) is 12.4 Å². The number of methoxy groups -OCH3 is 1. The SMILES string of the molecule is COc1cccc(C(=O)Oc2ccc(Nc3nc(C)cc(C)n3)cc2)c1. The van der Waals surface area contributed by atoms with Crippen LogP contribution in [0.1, 0.15) is 21.7 Å². The molecule has 0 spiro atoms. The number of aryl methyl sites for hydroxylation is 2. The minimum atomic E-state index is -0.442. The molecule has 0 fully saturated rings. The van der Waals surface area contributed by atoms with Crippen molar-refractivity contribution in [2.24, 2.45) is 0 Å². The Hall–Kier alpha value is -3.41. The second-order valence-electron chi connectivity index (χ2n) is 5.75. The molecule has 1 heterocycles. The average Bonchev–Trinajstić information content (AvgIpc) is 2.62. The van der Waals surface area contributed by atoms with Crippen LogP contribution in [0.5, 0.6) is 11.5 Å². The van der Waals surface area contributed by atoms with E-state index in [1.54, 1.807) is 55.6 Å². The van der Waals surface area contributed by atoms with E-state index < -0.39 is 5.97 Å². The molecular formula is C20H19N3O3. The summed E-state index contributed by atoms with van der Waals surface area (Å²) in [4.78, 5) is 20.9. The van der Waals surface area contributed by atoms with Crippen LogP contribution in [0.15, 0.2) is 54.6 Å². The van der Waals surface area contributed by atoms with Crippen molar-refractivity contribution < 1.29 is 14.3 Å². The summed E-state index contributed by atoms with van der Waals surface area (Å²) in [5, 5.41) is 3.13. The molecule has 0 saturated carbocycles. The molecule has 1 aromatic heterocycles. The monoisotopic (exact) mass is 349 g/mol. The number of aromatic nitrogens is 2. The van der Waals surface area contributed by atoms with Gasteiger partial charge in [-0.1, -0.05) is 6.07 Å². The number of anilines is 2. The Bertz CT molecular complexity index is 904. The molecule has 0 aliphatic rings. The maximum Gasteiger partial charge on any atom is 0.343 e. The van der Waals surface area contributed by atoms with Crippen LogP contribution in [-0.2, 0) is 0 Å². The molecule has 6 nitrogen and oxygen atoms in total. The van der Waals surface area contributed by atoms with Crippen LogP contribution in [0.4, 0.5) is 11.6 Å². The fourth-order valence-corrected chi connectivity index (χ4v) is 2.43. The van der Waals surface area contributed by atoms with Crippen molar-refractivity contribution in [3.8, 4) is 11.5 Å². The molecule has 0 atom stereocenters. The van der Waals surface area contributed by atoms with E-state index >= 15 is 0 Å². The first-order chi connectivity index (χ1) is 12.5. The molecule has 2 aromatic carbocycles. The Morgan fingerprint density at radius 3 is 2.27 bits per heavy atom. The van der Waals surface area contributed by atoms with Gasteiger partial charge in [0.25, 0.3) is 0 Å². The summed E-state index contributed by atoms with van der Waals surface area (Å²) in [6, 6.07) is 15.8. The Balaban J connectivity index is 1.68. The van der Waals surface area contributed by atoms with Crippen molar-refractivity contribution in [3.63, 3.8) is 0 Å². The lowest BCUT2D eigenvalue weighted by Crippen LogP contribution is -2.08.